The Balaban J connectivity index is 2.43. The third-order valence-corrected chi connectivity index (χ3v) is 3.66. The number of likely N-dealkylation sites (N-methyl/N-ethyl adjacent to an activating group) is 1. The van der Waals surface area contributed by atoms with Crippen molar-refractivity contribution < 1.29 is 9.47 Å². The summed E-state index contributed by atoms with van der Waals surface area (Å²) in [5.74, 6) is 0.575. The molecule has 0 saturated carbocycles. The Morgan fingerprint density at radius 2 is 2.00 bits per heavy atom. The summed E-state index contributed by atoms with van der Waals surface area (Å²) >= 11 is 0. The van der Waals surface area contributed by atoms with Crippen LogP contribution in [0.2, 0.25) is 0 Å². The number of hydrogen-bond donors (Lipinski definition) is 0. The van der Waals surface area contributed by atoms with Gasteiger partial charge < -0.3 is 9.47 Å². The molecule has 1 aliphatic rings. The third-order valence-electron chi connectivity index (χ3n) is 3.66. The molecule has 1 fully saturated rings. The minimum Gasteiger partial charge on any atom is -0.377 e. The average molecular weight is 243 g/mol. The van der Waals surface area contributed by atoms with Crippen LogP contribution >= 0.6 is 0 Å². The number of ether oxygens (including phenoxy) is 2. The third kappa shape index (κ3) is 4.57. The van der Waals surface area contributed by atoms with Crippen LogP contribution in [0.1, 0.15) is 41.5 Å². The van der Waals surface area contributed by atoms with Gasteiger partial charge in [0.25, 0.3) is 0 Å². The maximum absolute atomic E-state index is 5.92. The summed E-state index contributed by atoms with van der Waals surface area (Å²) < 4.78 is 11.8. The lowest BCUT2D eigenvalue weighted by Gasteiger charge is -2.43. The minimum atomic E-state index is -0.0177. The van der Waals surface area contributed by atoms with Crippen molar-refractivity contribution in [2.75, 3.05) is 26.3 Å². The molecule has 1 rings (SSSR count). The van der Waals surface area contributed by atoms with Crippen molar-refractivity contribution in [1.82, 2.24) is 4.90 Å². The van der Waals surface area contributed by atoms with Crippen molar-refractivity contribution in [3.8, 4) is 0 Å². The molecular weight excluding hydrogens is 214 g/mol. The average Bonchev–Trinajstić information content (AvgIpc) is 2.25. The molecule has 0 aromatic rings. The normalized spacial score (nSPS) is 27.4. The van der Waals surface area contributed by atoms with Crippen molar-refractivity contribution in [3.63, 3.8) is 0 Å². The fourth-order valence-electron chi connectivity index (χ4n) is 2.07. The maximum Gasteiger partial charge on any atom is 0.0753 e. The number of rotatable bonds is 5. The fraction of sp³-hybridized carbons (Fsp3) is 1.00. The van der Waals surface area contributed by atoms with Gasteiger partial charge in [-0.2, -0.15) is 0 Å². The van der Waals surface area contributed by atoms with E-state index in [1.165, 1.54) is 0 Å². The quantitative estimate of drug-likeness (QED) is 0.740. The van der Waals surface area contributed by atoms with Crippen LogP contribution in [0.4, 0.5) is 0 Å². The topological polar surface area (TPSA) is 21.7 Å². The first-order valence-electron chi connectivity index (χ1n) is 6.85. The number of nitrogens with zero attached hydrogens (tertiary/aromatic N) is 1. The van der Waals surface area contributed by atoms with Crippen molar-refractivity contribution >= 4 is 0 Å². The van der Waals surface area contributed by atoms with Crippen LogP contribution in [0, 0.1) is 5.92 Å². The second-order valence-electron chi connectivity index (χ2n) is 6.07. The Hall–Kier alpha value is -0.120. The van der Waals surface area contributed by atoms with Crippen molar-refractivity contribution in [2.45, 2.75) is 59.3 Å². The van der Waals surface area contributed by atoms with Crippen molar-refractivity contribution in [3.05, 3.63) is 0 Å². The second-order valence-corrected chi connectivity index (χ2v) is 6.07. The highest BCUT2D eigenvalue weighted by Gasteiger charge is 2.33. The molecule has 2 atom stereocenters. The van der Waals surface area contributed by atoms with Crippen molar-refractivity contribution in [1.29, 1.82) is 0 Å². The zero-order chi connectivity index (χ0) is 13.1. The molecule has 3 heteroatoms. The molecule has 0 aliphatic carbocycles. The van der Waals surface area contributed by atoms with Crippen LogP contribution in [0.5, 0.6) is 0 Å². The lowest BCUT2D eigenvalue weighted by atomic mass is 10.0. The molecule has 0 spiro atoms. The molecule has 0 amide bonds. The van der Waals surface area contributed by atoms with E-state index in [0.29, 0.717) is 18.1 Å². The van der Waals surface area contributed by atoms with Crippen LogP contribution in [0.25, 0.3) is 0 Å². The van der Waals surface area contributed by atoms with Gasteiger partial charge in [-0.25, -0.2) is 0 Å². The van der Waals surface area contributed by atoms with E-state index in [4.69, 9.17) is 9.47 Å². The Morgan fingerprint density at radius 3 is 2.53 bits per heavy atom. The largest absolute Gasteiger partial charge is 0.377 e. The summed E-state index contributed by atoms with van der Waals surface area (Å²) in [6.07, 6.45) is 0.323. The number of hydrogen-bond acceptors (Lipinski definition) is 3. The first-order chi connectivity index (χ1) is 7.85. The van der Waals surface area contributed by atoms with Gasteiger partial charge in [-0.3, -0.25) is 4.90 Å². The van der Waals surface area contributed by atoms with Gasteiger partial charge in [0, 0.05) is 6.54 Å². The molecule has 0 bridgehead atoms. The van der Waals surface area contributed by atoms with Gasteiger partial charge in [-0.1, -0.05) is 20.8 Å². The molecular formula is C14H29NO2. The van der Waals surface area contributed by atoms with E-state index >= 15 is 0 Å². The summed E-state index contributed by atoms with van der Waals surface area (Å²) in [5.41, 5.74) is -0.0177. The van der Waals surface area contributed by atoms with Crippen LogP contribution in [0.3, 0.4) is 0 Å². The van der Waals surface area contributed by atoms with Crippen molar-refractivity contribution in [2.24, 2.45) is 5.92 Å². The molecule has 0 aromatic heterocycles. The summed E-state index contributed by atoms with van der Waals surface area (Å²) in [4.78, 5) is 2.47. The Morgan fingerprint density at radius 1 is 1.35 bits per heavy atom. The van der Waals surface area contributed by atoms with Gasteiger partial charge in [0.05, 0.1) is 31.0 Å². The Labute approximate surface area is 106 Å². The molecule has 3 nitrogen and oxygen atoms in total. The molecule has 0 N–H and O–H groups in total. The zero-order valence-electron chi connectivity index (χ0n) is 12.3. The smallest absolute Gasteiger partial charge is 0.0753 e. The van der Waals surface area contributed by atoms with Crippen LogP contribution in [-0.2, 0) is 9.47 Å². The first kappa shape index (κ1) is 14.9. The Bertz CT molecular complexity index is 228. The molecule has 0 aromatic carbocycles. The number of morpholine rings is 1. The van der Waals surface area contributed by atoms with Crippen LogP contribution in [0.15, 0.2) is 0 Å². The van der Waals surface area contributed by atoms with Gasteiger partial charge in [-0.05, 0) is 33.2 Å². The van der Waals surface area contributed by atoms with E-state index < -0.39 is 0 Å². The van der Waals surface area contributed by atoms with Gasteiger partial charge >= 0.3 is 0 Å². The van der Waals surface area contributed by atoms with Gasteiger partial charge in [0.15, 0.2) is 0 Å². The predicted octanol–water partition coefficient (Wildman–Crippen LogP) is 2.55. The predicted molar refractivity (Wildman–Crippen MR) is 71.3 cm³/mol. The van der Waals surface area contributed by atoms with E-state index in [0.717, 1.165) is 26.3 Å². The van der Waals surface area contributed by atoms with E-state index in [9.17, 15) is 0 Å². The lowest BCUT2D eigenvalue weighted by Crippen LogP contribution is -2.55. The standard InChI is InChI=1S/C14H29NO2/c1-7-15-10-14(5,6)17-9-13(15)8-16-12(4)11(2)3/h11-13H,7-10H2,1-6H3/t12-,13?/m0/s1. The highest BCUT2D eigenvalue weighted by Crippen LogP contribution is 2.21. The zero-order valence-corrected chi connectivity index (χ0v) is 12.3. The van der Waals surface area contributed by atoms with Crippen LogP contribution < -0.4 is 0 Å². The minimum absolute atomic E-state index is 0.0177. The summed E-state index contributed by atoms with van der Waals surface area (Å²) in [6.45, 7) is 16.7. The molecule has 102 valence electrons. The molecule has 17 heavy (non-hydrogen) atoms. The van der Waals surface area contributed by atoms with E-state index in [2.05, 4.69) is 46.4 Å². The highest BCUT2D eigenvalue weighted by molar-refractivity contribution is 4.85. The van der Waals surface area contributed by atoms with E-state index in [1.807, 2.05) is 0 Å². The SMILES string of the molecule is CCN1CC(C)(C)OCC1CO[C@@H](C)C(C)C. The lowest BCUT2D eigenvalue weighted by molar-refractivity contribution is -0.134. The summed E-state index contributed by atoms with van der Waals surface area (Å²) in [6, 6.07) is 0.411. The summed E-state index contributed by atoms with van der Waals surface area (Å²) in [5, 5.41) is 0. The van der Waals surface area contributed by atoms with Gasteiger partial charge in [-0.15, -0.1) is 0 Å². The molecule has 0 radical (unpaired) electrons. The van der Waals surface area contributed by atoms with E-state index in [-0.39, 0.29) is 5.60 Å². The monoisotopic (exact) mass is 243 g/mol. The summed E-state index contributed by atoms with van der Waals surface area (Å²) in [7, 11) is 0. The molecule has 1 aliphatic heterocycles. The fourth-order valence-corrected chi connectivity index (χ4v) is 2.07. The Kier molecular flexibility index (Phi) is 5.42. The first-order valence-corrected chi connectivity index (χ1v) is 6.85. The highest BCUT2D eigenvalue weighted by atomic mass is 16.5. The maximum atomic E-state index is 5.92. The van der Waals surface area contributed by atoms with E-state index in [1.54, 1.807) is 0 Å². The second kappa shape index (κ2) is 6.17. The molecule has 1 saturated heterocycles. The van der Waals surface area contributed by atoms with Crippen LogP contribution in [-0.4, -0.2) is 49.0 Å². The van der Waals surface area contributed by atoms with Gasteiger partial charge in [0.2, 0.25) is 0 Å². The van der Waals surface area contributed by atoms with Gasteiger partial charge in [0.1, 0.15) is 0 Å². The molecule has 1 heterocycles. The molecule has 1 unspecified atom stereocenters.